The maximum absolute atomic E-state index is 15.5. The van der Waals surface area contributed by atoms with Gasteiger partial charge in [0.2, 0.25) is 0 Å². The second-order valence-corrected chi connectivity index (χ2v) is 21.6. The number of aliphatic hydroxyl groups excluding tert-OH is 4. The molecule has 3 aliphatic heterocycles. The molecule has 15 N–H and O–H groups in total. The SMILES string of the molecule is CC(C)C(N)C(=O)O[C@H]1[C@@H](F)[C@H](n2ccc(N)nc2=O)O[C@@]1(CO)CCl.CC(C)C(NC(=O)OC(C)(C)C)C(=O)O[C@H]1[C@@H](F)[C@H](n2ccc(N)nc2=O)O[C@@]1(CO)CCl.CCOC(C)=O.CN.Nc1ccn([C@@H]2O[C@@](CO)(CCl)[C@@H](O)[C@H]2F)c(=O)n1. The van der Waals surface area contributed by atoms with E-state index in [1.165, 1.54) is 50.8 Å². The van der Waals surface area contributed by atoms with Crippen molar-refractivity contribution in [3.05, 3.63) is 68.2 Å². The number of hydrogen-bond donors (Lipinski definition) is 10. The lowest BCUT2D eigenvalue weighted by atomic mass is 9.98. The zero-order chi connectivity index (χ0) is 66.0. The summed E-state index contributed by atoms with van der Waals surface area (Å²) in [4.78, 5) is 93.3. The number of anilines is 3. The van der Waals surface area contributed by atoms with Crippen LogP contribution in [0.1, 0.15) is 81.0 Å². The zero-order valence-corrected chi connectivity index (χ0v) is 51.0. The number of nitrogens with zero attached hydrogens (tertiary/aromatic N) is 6. The van der Waals surface area contributed by atoms with E-state index >= 15 is 8.78 Å². The first-order valence-corrected chi connectivity index (χ1v) is 27.8. The Bertz CT molecular complexity index is 2860. The lowest BCUT2D eigenvalue weighted by Gasteiger charge is -2.32. The van der Waals surface area contributed by atoms with Gasteiger partial charge in [0.25, 0.3) is 0 Å². The molecule has 14 atom stereocenters. The van der Waals surface area contributed by atoms with E-state index in [4.69, 9.17) is 86.2 Å². The molecular weight excluding hydrogens is 1220 g/mol. The van der Waals surface area contributed by atoms with E-state index in [-0.39, 0.29) is 41.1 Å². The molecule has 0 bridgehead atoms. The number of carbonyl (C=O) groups is 4. The van der Waals surface area contributed by atoms with Gasteiger partial charge in [-0.05, 0) is 64.8 Å². The minimum Gasteiger partial charge on any atom is -0.466 e. The number of alkyl carbamates (subject to hydrolysis) is 1. The Kier molecular flexibility index (Phi) is 29.6. The Labute approximate surface area is 506 Å². The van der Waals surface area contributed by atoms with Crippen molar-refractivity contribution in [1.29, 1.82) is 0 Å². The third-order valence-electron chi connectivity index (χ3n) is 12.6. The van der Waals surface area contributed by atoms with Crippen molar-refractivity contribution in [2.45, 2.75) is 152 Å². The summed E-state index contributed by atoms with van der Waals surface area (Å²) in [6.45, 7) is 13.1. The molecule has 0 aromatic carbocycles. The van der Waals surface area contributed by atoms with Crippen LogP contribution >= 0.6 is 34.8 Å². The number of nitrogens with two attached hydrogens (primary N) is 5. The van der Waals surface area contributed by atoms with Gasteiger partial charge in [0, 0.05) is 25.5 Å². The molecule has 1 amide bonds. The second-order valence-electron chi connectivity index (χ2n) is 20.8. The highest BCUT2D eigenvalue weighted by Crippen LogP contribution is 2.43. The Morgan fingerprint density at radius 2 is 1.02 bits per heavy atom. The number of nitrogens with one attached hydrogen (secondary N) is 1. The van der Waals surface area contributed by atoms with E-state index in [2.05, 4.69) is 30.7 Å². The van der Waals surface area contributed by atoms with Gasteiger partial charge >= 0.3 is 41.1 Å². The van der Waals surface area contributed by atoms with Crippen LogP contribution in [0.4, 0.5) is 35.4 Å². The van der Waals surface area contributed by atoms with Crippen LogP contribution in [-0.2, 0) is 47.5 Å². The van der Waals surface area contributed by atoms with Gasteiger partial charge in [-0.2, -0.15) is 15.0 Å². The third-order valence-corrected chi connectivity index (χ3v) is 14.0. The van der Waals surface area contributed by atoms with Crippen LogP contribution in [0.5, 0.6) is 0 Å². The average Bonchev–Trinajstić information content (AvgIpc) is 1.80. The van der Waals surface area contributed by atoms with Crippen molar-refractivity contribution in [2.75, 3.05) is 68.3 Å². The summed E-state index contributed by atoms with van der Waals surface area (Å²) in [5.74, 6) is -4.05. The lowest BCUT2D eigenvalue weighted by Crippen LogP contribution is -2.53. The molecule has 488 valence electrons. The number of nitrogen functional groups attached to an aromatic ring is 3. The maximum atomic E-state index is 15.5. The Hall–Kier alpha value is -5.98. The molecule has 3 fully saturated rings. The molecule has 6 heterocycles. The van der Waals surface area contributed by atoms with Crippen molar-refractivity contribution in [3.8, 4) is 0 Å². The molecular formula is C50H78Cl3F3N12O18. The Balaban J connectivity index is 0.000000425. The minimum atomic E-state index is -2.10. The van der Waals surface area contributed by atoms with E-state index < -0.39 is 157 Å². The molecule has 0 spiro atoms. The van der Waals surface area contributed by atoms with E-state index in [1.54, 1.807) is 55.4 Å². The smallest absolute Gasteiger partial charge is 0.408 e. The molecule has 3 aliphatic rings. The van der Waals surface area contributed by atoms with E-state index in [9.17, 15) is 58.4 Å². The van der Waals surface area contributed by atoms with Gasteiger partial charge in [-0.1, -0.05) is 27.7 Å². The molecule has 30 nitrogen and oxygen atoms in total. The fourth-order valence-electron chi connectivity index (χ4n) is 7.93. The fourth-order valence-corrected chi connectivity index (χ4v) is 8.83. The van der Waals surface area contributed by atoms with Crippen molar-refractivity contribution >= 4 is 76.3 Å². The first-order valence-electron chi connectivity index (χ1n) is 26.2. The van der Waals surface area contributed by atoms with Crippen LogP contribution in [0.15, 0.2) is 51.2 Å². The lowest BCUT2D eigenvalue weighted by molar-refractivity contribution is -0.168. The first-order chi connectivity index (χ1) is 40.1. The number of carbonyl (C=O) groups excluding carboxylic acids is 4. The molecule has 2 unspecified atom stereocenters. The number of aliphatic hydroxyl groups is 4. The monoisotopic (exact) mass is 1300 g/mol. The summed E-state index contributed by atoms with van der Waals surface area (Å²) in [6.07, 6.45) is -12.7. The summed E-state index contributed by atoms with van der Waals surface area (Å²) in [6, 6.07) is 1.65. The standard InChI is InChI=1S/C20H30ClFN4O7.C15H22ClFN4O5.C10H13ClFN3O4.C4H8O2.CH5N/c1-10(2)13(25-18(30)33-19(3,4)5)16(28)31-14-12(22)15(32-20(14,8-21)9-27)26-7-6-11(23)24-17(26)29;1-7(2)10(19)13(23)25-11-9(17)12(26-15(11,5-16)6-22)21-4-3-8(18)20-14(21)24;11-3-10(4-16)7(17)6(12)8(19-10)15-2-1-5(13)14-9(15)18;1-3-6-4(2)5;1-2/h6-7,10,12-15,27H,8-9H2,1-5H3,(H,25,30)(H2,23,24,29);3-4,7,9-12,22H,5-6,19H2,1-2H3,(H2,18,20,24);1-2,6-8,16-17H,3-4H2,(H2,13,14,18);3H2,1-2H3;2H2,1H3/t12-,13?,14+,15-,20-;9-,10?,11+,12-,15-;6-,7+,8-,10-;;/m111../s1. The van der Waals surface area contributed by atoms with E-state index in [0.29, 0.717) is 6.61 Å². The van der Waals surface area contributed by atoms with Crippen molar-refractivity contribution in [2.24, 2.45) is 23.3 Å². The molecule has 0 saturated carbocycles. The van der Waals surface area contributed by atoms with Crippen molar-refractivity contribution in [3.63, 3.8) is 0 Å². The molecule has 3 aromatic heterocycles. The predicted octanol–water partition coefficient (Wildman–Crippen LogP) is -0.152. The van der Waals surface area contributed by atoms with Gasteiger partial charge in [0.1, 0.15) is 58.0 Å². The van der Waals surface area contributed by atoms with Gasteiger partial charge < -0.3 is 87.6 Å². The number of hydrogen-bond acceptors (Lipinski definition) is 26. The topological polar surface area (TPSA) is 461 Å². The molecule has 3 aromatic rings. The van der Waals surface area contributed by atoms with Crippen LogP contribution < -0.4 is 51.1 Å². The van der Waals surface area contributed by atoms with E-state index in [1.807, 2.05) is 0 Å². The van der Waals surface area contributed by atoms with Gasteiger partial charge in [0.05, 0.1) is 44.1 Å². The molecule has 86 heavy (non-hydrogen) atoms. The number of amides is 1. The summed E-state index contributed by atoms with van der Waals surface area (Å²) in [7, 11) is 1.50. The summed E-state index contributed by atoms with van der Waals surface area (Å²) >= 11 is 17.4. The number of esters is 3. The molecule has 0 aliphatic carbocycles. The Morgan fingerprint density at radius 1 is 0.674 bits per heavy atom. The van der Waals surface area contributed by atoms with Crippen molar-refractivity contribution < 1.29 is 85.9 Å². The van der Waals surface area contributed by atoms with Crippen molar-refractivity contribution in [1.82, 2.24) is 34.0 Å². The van der Waals surface area contributed by atoms with Crippen LogP contribution in [0.25, 0.3) is 0 Å². The number of ether oxygens (including phenoxy) is 7. The van der Waals surface area contributed by atoms with Crippen LogP contribution in [0.2, 0.25) is 0 Å². The number of rotatable bonds is 17. The summed E-state index contributed by atoms with van der Waals surface area (Å²) < 4.78 is 83.7. The first kappa shape index (κ1) is 76.1. The van der Waals surface area contributed by atoms with Crippen LogP contribution in [0, 0.1) is 11.8 Å². The summed E-state index contributed by atoms with van der Waals surface area (Å²) in [5.41, 5.74) is 17.8. The minimum absolute atomic E-state index is 0.0130. The molecule has 0 radical (unpaired) electrons. The molecule has 36 heteroatoms. The van der Waals surface area contributed by atoms with Gasteiger partial charge in [-0.15, -0.1) is 34.8 Å². The number of halogens is 6. The quantitative estimate of drug-likeness (QED) is 0.0477. The van der Waals surface area contributed by atoms with Crippen LogP contribution in [-0.4, -0.2) is 196 Å². The van der Waals surface area contributed by atoms with Gasteiger partial charge in [0.15, 0.2) is 49.4 Å². The van der Waals surface area contributed by atoms with Gasteiger partial charge in [-0.25, -0.2) is 37.1 Å². The predicted molar refractivity (Wildman–Crippen MR) is 304 cm³/mol. The van der Waals surface area contributed by atoms with Crippen LogP contribution in [0.3, 0.4) is 0 Å². The highest BCUT2D eigenvalue weighted by Gasteiger charge is 2.61. The highest BCUT2D eigenvalue weighted by atomic mass is 35.5. The second kappa shape index (κ2) is 33.4. The zero-order valence-electron chi connectivity index (χ0n) is 48.8. The average molecular weight is 1300 g/mol. The fraction of sp³-hybridized carbons (Fsp3) is 0.680. The largest absolute Gasteiger partial charge is 0.466 e. The van der Waals surface area contributed by atoms with Gasteiger partial charge in [-0.3, -0.25) is 23.3 Å². The summed E-state index contributed by atoms with van der Waals surface area (Å²) in [5, 5.41) is 41.1. The maximum Gasteiger partial charge on any atom is 0.408 e. The number of aromatic nitrogens is 6. The Morgan fingerprint density at radius 3 is 1.29 bits per heavy atom. The highest BCUT2D eigenvalue weighted by molar-refractivity contribution is 6.19. The third kappa shape index (κ3) is 19.0. The molecule has 3 saturated heterocycles. The number of alkyl halides is 6. The molecule has 6 rings (SSSR count). The van der Waals surface area contributed by atoms with E-state index in [0.717, 1.165) is 13.7 Å². The normalized spacial score (nSPS) is 27.3.